The second-order valence-corrected chi connectivity index (χ2v) is 6.11. The van der Waals surface area contributed by atoms with Crippen LogP contribution in [0.2, 0.25) is 0 Å². The van der Waals surface area contributed by atoms with Gasteiger partial charge in [-0.2, -0.15) is 5.26 Å². The van der Waals surface area contributed by atoms with Crippen LogP contribution in [0.4, 0.5) is 5.69 Å². The largest absolute Gasteiger partial charge is 0.390 e. The number of rotatable bonds is 1. The van der Waals surface area contributed by atoms with Gasteiger partial charge in [0.15, 0.2) is 5.11 Å². The lowest BCUT2D eigenvalue weighted by atomic mass is 10.0. The summed E-state index contributed by atoms with van der Waals surface area (Å²) in [4.78, 5) is 16.1. The third-order valence-corrected chi connectivity index (χ3v) is 4.96. The lowest BCUT2D eigenvalue weighted by molar-refractivity contribution is -0.121. The Kier molecular flexibility index (Phi) is 3.08. The number of anilines is 1. The molecule has 0 aromatic heterocycles. The Labute approximate surface area is 138 Å². The Bertz CT molecular complexity index is 889. The van der Waals surface area contributed by atoms with E-state index in [0.717, 1.165) is 10.8 Å². The summed E-state index contributed by atoms with van der Waals surface area (Å²) in [6, 6.07) is 12.5. The molecule has 114 valence electrons. The Morgan fingerprint density at radius 1 is 1.22 bits per heavy atom. The van der Waals surface area contributed by atoms with Crippen molar-refractivity contribution in [2.75, 3.05) is 11.4 Å². The fourth-order valence-corrected chi connectivity index (χ4v) is 3.83. The molecule has 2 fully saturated rings. The topological polar surface area (TPSA) is 67.6 Å². The average molecular weight is 323 g/mol. The fraction of sp³-hybridized carbons (Fsp3) is 0.235. The molecule has 23 heavy (non-hydrogen) atoms. The molecule has 0 spiro atoms. The zero-order valence-corrected chi connectivity index (χ0v) is 13.0. The summed E-state index contributed by atoms with van der Waals surface area (Å²) in [6.07, 6.45) is -0.131. The number of aliphatic hydroxyl groups excluding tert-OH is 1. The predicted octanol–water partition coefficient (Wildman–Crippen LogP) is 1.78. The van der Waals surface area contributed by atoms with E-state index in [9.17, 15) is 15.2 Å². The van der Waals surface area contributed by atoms with E-state index in [0.29, 0.717) is 29.3 Å². The molecule has 2 atom stereocenters. The molecule has 1 amide bonds. The summed E-state index contributed by atoms with van der Waals surface area (Å²) in [5.74, 6) is -0.199. The van der Waals surface area contributed by atoms with E-state index in [1.807, 2.05) is 24.3 Å². The molecule has 0 aliphatic carbocycles. The van der Waals surface area contributed by atoms with Gasteiger partial charge in [0.05, 0.1) is 23.4 Å². The third-order valence-electron chi connectivity index (χ3n) is 4.54. The minimum absolute atomic E-state index is 0.199. The molecule has 0 saturated carbocycles. The zero-order chi connectivity index (χ0) is 16.1. The first-order valence-electron chi connectivity index (χ1n) is 7.38. The van der Waals surface area contributed by atoms with E-state index in [4.69, 9.17) is 12.2 Å². The summed E-state index contributed by atoms with van der Waals surface area (Å²) in [6.45, 7) is 0.584. The Hall–Kier alpha value is -2.49. The zero-order valence-electron chi connectivity index (χ0n) is 12.1. The van der Waals surface area contributed by atoms with E-state index >= 15 is 0 Å². The molecule has 2 aliphatic rings. The van der Waals surface area contributed by atoms with Crippen molar-refractivity contribution in [3.05, 3.63) is 42.0 Å². The standard InChI is InChI=1S/C17H13N3O2S/c18-9-10-5-6-13(12-4-2-1-3-11(10)12)20-16(22)15-14(21)7-8-19(15)17(20)23/h1-6,14-15,21H,7-8H2/t14-,15+/m1/s1. The number of nitriles is 1. The van der Waals surface area contributed by atoms with Gasteiger partial charge in [0.2, 0.25) is 0 Å². The van der Waals surface area contributed by atoms with Gasteiger partial charge in [-0.25, -0.2) is 0 Å². The van der Waals surface area contributed by atoms with E-state index in [2.05, 4.69) is 6.07 Å². The van der Waals surface area contributed by atoms with Crippen LogP contribution >= 0.6 is 12.2 Å². The van der Waals surface area contributed by atoms with Gasteiger partial charge < -0.3 is 10.0 Å². The molecule has 0 bridgehead atoms. The Morgan fingerprint density at radius 3 is 2.65 bits per heavy atom. The van der Waals surface area contributed by atoms with Gasteiger partial charge in [0, 0.05) is 17.3 Å². The number of hydrogen-bond donors (Lipinski definition) is 1. The molecule has 2 aliphatic heterocycles. The van der Waals surface area contributed by atoms with Gasteiger partial charge in [0.25, 0.3) is 5.91 Å². The number of fused-ring (bicyclic) bond motifs is 2. The second-order valence-electron chi connectivity index (χ2n) is 5.74. The molecule has 4 rings (SSSR count). The maximum absolute atomic E-state index is 12.8. The first-order chi connectivity index (χ1) is 11.1. The highest BCUT2D eigenvalue weighted by molar-refractivity contribution is 7.80. The minimum atomic E-state index is -0.685. The number of nitrogens with zero attached hydrogens (tertiary/aromatic N) is 3. The molecular weight excluding hydrogens is 310 g/mol. The van der Waals surface area contributed by atoms with Gasteiger partial charge in [-0.15, -0.1) is 0 Å². The van der Waals surface area contributed by atoms with Gasteiger partial charge in [-0.05, 0) is 30.8 Å². The van der Waals surface area contributed by atoms with Crippen LogP contribution in [-0.2, 0) is 4.79 Å². The Balaban J connectivity index is 1.89. The van der Waals surface area contributed by atoms with Crippen LogP contribution in [0, 0.1) is 11.3 Å². The van der Waals surface area contributed by atoms with E-state index in [1.165, 1.54) is 4.90 Å². The van der Waals surface area contributed by atoms with Crippen molar-refractivity contribution in [2.24, 2.45) is 0 Å². The summed E-state index contributed by atoms with van der Waals surface area (Å²) < 4.78 is 0. The highest BCUT2D eigenvalue weighted by atomic mass is 32.1. The molecule has 6 heteroatoms. The van der Waals surface area contributed by atoms with Crippen molar-refractivity contribution in [2.45, 2.75) is 18.6 Å². The van der Waals surface area contributed by atoms with E-state index in [-0.39, 0.29) is 5.91 Å². The van der Waals surface area contributed by atoms with Crippen LogP contribution in [0.15, 0.2) is 36.4 Å². The van der Waals surface area contributed by atoms with Crippen molar-refractivity contribution in [1.29, 1.82) is 5.26 Å². The fourth-order valence-electron chi connectivity index (χ4n) is 3.44. The number of hydrogen-bond acceptors (Lipinski definition) is 4. The van der Waals surface area contributed by atoms with Crippen LogP contribution in [0.5, 0.6) is 0 Å². The van der Waals surface area contributed by atoms with Crippen molar-refractivity contribution in [1.82, 2.24) is 4.90 Å². The van der Waals surface area contributed by atoms with Crippen LogP contribution in [0.3, 0.4) is 0 Å². The molecule has 2 saturated heterocycles. The monoisotopic (exact) mass is 323 g/mol. The molecule has 2 heterocycles. The molecule has 2 aromatic rings. The summed E-state index contributed by atoms with van der Waals surface area (Å²) in [7, 11) is 0. The number of benzene rings is 2. The van der Waals surface area contributed by atoms with Crippen LogP contribution in [-0.4, -0.2) is 39.7 Å². The third kappa shape index (κ3) is 1.87. The highest BCUT2D eigenvalue weighted by Gasteiger charge is 2.50. The quantitative estimate of drug-likeness (QED) is 0.810. The lowest BCUT2D eigenvalue weighted by Crippen LogP contribution is -2.36. The Morgan fingerprint density at radius 2 is 1.96 bits per heavy atom. The SMILES string of the molecule is N#Cc1ccc(N2C(=O)[C@@H]3[C@H](O)CCN3C2=S)c2ccccc12. The number of aliphatic hydroxyl groups is 1. The highest BCUT2D eigenvalue weighted by Crippen LogP contribution is 2.36. The van der Waals surface area contributed by atoms with Crippen molar-refractivity contribution >= 4 is 39.7 Å². The van der Waals surface area contributed by atoms with Crippen LogP contribution in [0.1, 0.15) is 12.0 Å². The molecular formula is C17H13N3O2S. The predicted molar refractivity (Wildman–Crippen MR) is 89.9 cm³/mol. The average Bonchev–Trinajstić information content (AvgIpc) is 3.07. The van der Waals surface area contributed by atoms with Gasteiger partial charge in [-0.3, -0.25) is 9.69 Å². The second kappa shape index (κ2) is 5.01. The summed E-state index contributed by atoms with van der Waals surface area (Å²) >= 11 is 5.47. The van der Waals surface area contributed by atoms with Crippen molar-refractivity contribution in [3.8, 4) is 6.07 Å². The molecule has 5 nitrogen and oxygen atoms in total. The van der Waals surface area contributed by atoms with Crippen LogP contribution in [0.25, 0.3) is 10.8 Å². The van der Waals surface area contributed by atoms with Gasteiger partial charge in [0.1, 0.15) is 6.04 Å². The van der Waals surface area contributed by atoms with E-state index in [1.54, 1.807) is 17.0 Å². The van der Waals surface area contributed by atoms with E-state index < -0.39 is 12.1 Å². The summed E-state index contributed by atoms with van der Waals surface area (Å²) in [5.41, 5.74) is 1.22. The minimum Gasteiger partial charge on any atom is -0.390 e. The van der Waals surface area contributed by atoms with Crippen molar-refractivity contribution in [3.63, 3.8) is 0 Å². The number of carbonyl (C=O) groups excluding carboxylic acids is 1. The molecule has 1 N–H and O–H groups in total. The van der Waals surface area contributed by atoms with Crippen molar-refractivity contribution < 1.29 is 9.90 Å². The van der Waals surface area contributed by atoms with Gasteiger partial charge >= 0.3 is 0 Å². The number of thiocarbonyl (C=S) groups is 1. The molecule has 0 unspecified atom stereocenters. The van der Waals surface area contributed by atoms with Gasteiger partial charge in [-0.1, -0.05) is 24.3 Å². The first kappa shape index (κ1) is 14.1. The number of amides is 1. The lowest BCUT2D eigenvalue weighted by Gasteiger charge is -2.20. The number of carbonyl (C=O) groups is 1. The van der Waals surface area contributed by atoms with Crippen LogP contribution < -0.4 is 4.90 Å². The first-order valence-corrected chi connectivity index (χ1v) is 7.79. The maximum Gasteiger partial charge on any atom is 0.258 e. The molecule has 0 radical (unpaired) electrons. The summed E-state index contributed by atoms with van der Waals surface area (Å²) in [5, 5.41) is 21.3. The smallest absolute Gasteiger partial charge is 0.258 e. The normalized spacial score (nSPS) is 23.5. The maximum atomic E-state index is 12.8. The molecule has 2 aromatic carbocycles.